The van der Waals surface area contributed by atoms with Gasteiger partial charge in [0.25, 0.3) is 0 Å². The first-order valence-corrected chi connectivity index (χ1v) is 8.94. The standard InChI is InChI=1S/C23H23N/c1-17-16-24-23(21-9-3-2-4-10-21)15-22(17)20-13-11-19(12-14-20)18-7-5-6-8-18/h2-4,9-16,18H,5-8H2,1H3. The van der Waals surface area contributed by atoms with Gasteiger partial charge in [-0.15, -0.1) is 0 Å². The van der Waals surface area contributed by atoms with E-state index in [0.717, 1.165) is 11.6 Å². The van der Waals surface area contributed by atoms with Gasteiger partial charge in [0.2, 0.25) is 0 Å². The van der Waals surface area contributed by atoms with Gasteiger partial charge >= 0.3 is 0 Å². The molecule has 1 heterocycles. The Hall–Kier alpha value is -2.41. The summed E-state index contributed by atoms with van der Waals surface area (Å²) in [6.45, 7) is 2.14. The van der Waals surface area contributed by atoms with Crippen LogP contribution in [0.3, 0.4) is 0 Å². The van der Waals surface area contributed by atoms with Crippen LogP contribution in [0.25, 0.3) is 22.4 Å². The zero-order valence-electron chi connectivity index (χ0n) is 14.2. The van der Waals surface area contributed by atoms with Gasteiger partial charge in [0, 0.05) is 11.8 Å². The Morgan fingerprint density at radius 1 is 0.833 bits per heavy atom. The Morgan fingerprint density at radius 2 is 1.54 bits per heavy atom. The summed E-state index contributed by atoms with van der Waals surface area (Å²) in [7, 11) is 0. The van der Waals surface area contributed by atoms with Crippen LogP contribution in [0.5, 0.6) is 0 Å². The molecule has 1 heteroatoms. The van der Waals surface area contributed by atoms with E-state index < -0.39 is 0 Å². The molecule has 2 aromatic carbocycles. The number of benzene rings is 2. The minimum Gasteiger partial charge on any atom is -0.256 e. The Balaban J connectivity index is 1.68. The first-order chi connectivity index (χ1) is 11.8. The molecule has 0 atom stereocenters. The molecule has 1 nitrogen and oxygen atoms in total. The van der Waals surface area contributed by atoms with Gasteiger partial charge in [-0.3, -0.25) is 4.98 Å². The summed E-state index contributed by atoms with van der Waals surface area (Å²) in [5.41, 5.74) is 7.50. The number of aryl methyl sites for hydroxylation is 1. The van der Waals surface area contributed by atoms with Crippen LogP contribution in [0.15, 0.2) is 66.9 Å². The number of aromatic nitrogens is 1. The van der Waals surface area contributed by atoms with E-state index in [4.69, 9.17) is 0 Å². The number of hydrogen-bond acceptors (Lipinski definition) is 1. The van der Waals surface area contributed by atoms with Gasteiger partial charge in [-0.05, 0) is 54.0 Å². The highest BCUT2D eigenvalue weighted by Crippen LogP contribution is 2.35. The molecule has 4 rings (SSSR count). The number of rotatable bonds is 3. The van der Waals surface area contributed by atoms with Gasteiger partial charge in [-0.25, -0.2) is 0 Å². The van der Waals surface area contributed by atoms with E-state index >= 15 is 0 Å². The molecule has 1 aromatic heterocycles. The third kappa shape index (κ3) is 2.99. The lowest BCUT2D eigenvalue weighted by Crippen LogP contribution is -1.93. The van der Waals surface area contributed by atoms with Crippen molar-refractivity contribution in [2.45, 2.75) is 38.5 Å². The summed E-state index contributed by atoms with van der Waals surface area (Å²) in [5.74, 6) is 0.775. The molecule has 0 unspecified atom stereocenters. The topological polar surface area (TPSA) is 12.9 Å². The average Bonchev–Trinajstić information content (AvgIpc) is 3.18. The molecule has 1 aliphatic rings. The highest BCUT2D eigenvalue weighted by molar-refractivity contribution is 5.73. The van der Waals surface area contributed by atoms with Crippen LogP contribution in [-0.2, 0) is 0 Å². The molecule has 0 bridgehead atoms. The second kappa shape index (κ2) is 6.60. The van der Waals surface area contributed by atoms with Crippen molar-refractivity contribution < 1.29 is 0 Å². The highest BCUT2D eigenvalue weighted by Gasteiger charge is 2.17. The predicted octanol–water partition coefficient (Wildman–Crippen LogP) is 6.38. The summed E-state index contributed by atoms with van der Waals surface area (Å²) in [6, 6.07) is 21.8. The quantitative estimate of drug-likeness (QED) is 0.546. The van der Waals surface area contributed by atoms with Crippen molar-refractivity contribution in [1.82, 2.24) is 4.98 Å². The van der Waals surface area contributed by atoms with Crippen LogP contribution in [0.1, 0.15) is 42.7 Å². The molecule has 3 aromatic rings. The van der Waals surface area contributed by atoms with Crippen molar-refractivity contribution in [2.75, 3.05) is 0 Å². The lowest BCUT2D eigenvalue weighted by Gasteiger charge is -2.12. The maximum Gasteiger partial charge on any atom is 0.0708 e. The monoisotopic (exact) mass is 313 g/mol. The van der Waals surface area contributed by atoms with Gasteiger partial charge in [0.15, 0.2) is 0 Å². The number of nitrogens with zero attached hydrogens (tertiary/aromatic N) is 1. The fourth-order valence-corrected chi connectivity index (χ4v) is 3.80. The first-order valence-electron chi connectivity index (χ1n) is 8.94. The SMILES string of the molecule is Cc1cnc(-c2ccccc2)cc1-c1ccc(C2CCCC2)cc1. The molecule has 0 saturated heterocycles. The van der Waals surface area contributed by atoms with E-state index in [2.05, 4.69) is 66.5 Å². The van der Waals surface area contributed by atoms with Crippen LogP contribution in [0, 0.1) is 6.92 Å². The van der Waals surface area contributed by atoms with Crippen LogP contribution >= 0.6 is 0 Å². The zero-order chi connectivity index (χ0) is 16.4. The minimum atomic E-state index is 0.775. The van der Waals surface area contributed by atoms with Gasteiger partial charge in [0.05, 0.1) is 5.69 Å². The predicted molar refractivity (Wildman–Crippen MR) is 101 cm³/mol. The number of hydrogen-bond donors (Lipinski definition) is 0. The molecule has 1 saturated carbocycles. The van der Waals surface area contributed by atoms with E-state index in [1.165, 1.54) is 53.5 Å². The fourth-order valence-electron chi connectivity index (χ4n) is 3.80. The molecule has 1 aliphatic carbocycles. The molecule has 120 valence electrons. The summed E-state index contributed by atoms with van der Waals surface area (Å²) in [6.07, 6.45) is 7.47. The van der Waals surface area contributed by atoms with Crippen molar-refractivity contribution in [3.8, 4) is 22.4 Å². The molecule has 0 spiro atoms. The fraction of sp³-hybridized carbons (Fsp3) is 0.261. The Morgan fingerprint density at radius 3 is 2.25 bits per heavy atom. The van der Waals surface area contributed by atoms with Crippen LogP contribution in [0.4, 0.5) is 0 Å². The summed E-state index contributed by atoms with van der Waals surface area (Å²) >= 11 is 0. The van der Waals surface area contributed by atoms with Crippen molar-refractivity contribution >= 4 is 0 Å². The lowest BCUT2D eigenvalue weighted by atomic mass is 9.94. The molecule has 24 heavy (non-hydrogen) atoms. The normalized spacial score (nSPS) is 14.9. The molecule has 0 radical (unpaired) electrons. The molecule has 0 amide bonds. The van der Waals surface area contributed by atoms with E-state index in [-0.39, 0.29) is 0 Å². The molecular weight excluding hydrogens is 290 g/mol. The van der Waals surface area contributed by atoms with E-state index in [1.807, 2.05) is 12.3 Å². The van der Waals surface area contributed by atoms with Crippen molar-refractivity contribution in [1.29, 1.82) is 0 Å². The Labute approximate surface area is 144 Å². The van der Waals surface area contributed by atoms with Gasteiger partial charge in [0.1, 0.15) is 0 Å². The second-order valence-electron chi connectivity index (χ2n) is 6.85. The maximum absolute atomic E-state index is 4.62. The van der Waals surface area contributed by atoms with E-state index in [0.29, 0.717) is 0 Å². The van der Waals surface area contributed by atoms with Crippen LogP contribution in [-0.4, -0.2) is 4.98 Å². The van der Waals surface area contributed by atoms with Crippen molar-refractivity contribution in [3.05, 3.63) is 78.0 Å². The van der Waals surface area contributed by atoms with Crippen LogP contribution in [0.2, 0.25) is 0 Å². The molecular formula is C23H23N. The third-order valence-electron chi connectivity index (χ3n) is 5.22. The third-order valence-corrected chi connectivity index (χ3v) is 5.22. The highest BCUT2D eigenvalue weighted by atomic mass is 14.7. The second-order valence-corrected chi connectivity index (χ2v) is 6.85. The Bertz CT molecular complexity index is 812. The van der Waals surface area contributed by atoms with Crippen LogP contribution < -0.4 is 0 Å². The summed E-state index contributed by atoms with van der Waals surface area (Å²) in [4.78, 5) is 4.62. The van der Waals surface area contributed by atoms with Gasteiger partial charge in [-0.2, -0.15) is 0 Å². The average molecular weight is 313 g/mol. The minimum absolute atomic E-state index is 0.775. The number of pyridine rings is 1. The summed E-state index contributed by atoms with van der Waals surface area (Å²) in [5, 5.41) is 0. The first kappa shape index (κ1) is 15.1. The summed E-state index contributed by atoms with van der Waals surface area (Å²) < 4.78 is 0. The van der Waals surface area contributed by atoms with Gasteiger partial charge in [-0.1, -0.05) is 67.4 Å². The largest absolute Gasteiger partial charge is 0.256 e. The smallest absolute Gasteiger partial charge is 0.0708 e. The zero-order valence-corrected chi connectivity index (χ0v) is 14.2. The van der Waals surface area contributed by atoms with Crippen molar-refractivity contribution in [3.63, 3.8) is 0 Å². The van der Waals surface area contributed by atoms with Gasteiger partial charge < -0.3 is 0 Å². The molecule has 1 fully saturated rings. The molecule has 0 aliphatic heterocycles. The Kier molecular flexibility index (Phi) is 4.17. The maximum atomic E-state index is 4.62. The van der Waals surface area contributed by atoms with E-state index in [9.17, 15) is 0 Å². The molecule has 0 N–H and O–H groups in total. The lowest BCUT2D eigenvalue weighted by molar-refractivity contribution is 0.723. The van der Waals surface area contributed by atoms with Crippen molar-refractivity contribution in [2.24, 2.45) is 0 Å². The van der Waals surface area contributed by atoms with E-state index in [1.54, 1.807) is 0 Å².